The van der Waals surface area contributed by atoms with Gasteiger partial charge >= 0.3 is 0 Å². The third-order valence-electron chi connectivity index (χ3n) is 0.381. The van der Waals surface area contributed by atoms with Gasteiger partial charge in [0.25, 0.3) is 0 Å². The molecule has 0 amide bonds. The maximum absolute atomic E-state index is 5.11. The smallest absolute Gasteiger partial charge is 0.0222 e. The molecule has 5 heavy (non-hydrogen) atoms. The summed E-state index contributed by atoms with van der Waals surface area (Å²) in [7, 11) is 3.27. The Hall–Kier alpha value is 0.177. The van der Waals surface area contributed by atoms with Gasteiger partial charge in [-0.2, -0.15) is 0 Å². The molecule has 0 unspecified atom stereocenters. The van der Waals surface area contributed by atoms with Gasteiger partial charge in [-0.3, -0.25) is 0 Å². The van der Waals surface area contributed by atoms with Crippen molar-refractivity contribution in [3.63, 3.8) is 0 Å². The molecule has 2 N–H and O–H groups in total. The summed E-state index contributed by atoms with van der Waals surface area (Å²) in [5, 5.41) is 0. The largest absolute Gasteiger partial charge is 0.330 e. The molecule has 0 aromatic carbocycles. The summed E-state index contributed by atoms with van der Waals surface area (Å²) in [5.41, 5.74) is 5.11. The minimum absolute atomic E-state index is 0.795. The second-order valence-electron chi connectivity index (χ2n) is 0.892. The van der Waals surface area contributed by atoms with Gasteiger partial charge in [-0.05, 0) is 13.0 Å². The fourth-order valence-electron chi connectivity index (χ4n) is 0.102. The van der Waals surface area contributed by atoms with Crippen molar-refractivity contribution in [1.82, 2.24) is 0 Å². The highest BCUT2D eigenvalue weighted by molar-refractivity contribution is 6.08. The van der Waals surface area contributed by atoms with Crippen LogP contribution < -0.4 is 5.73 Å². The maximum Gasteiger partial charge on any atom is 0.0222 e. The molecule has 0 aliphatic heterocycles. The highest BCUT2D eigenvalue weighted by Gasteiger charge is 1.68. The molecule has 0 rings (SSSR count). The minimum atomic E-state index is 0.795. The number of rotatable bonds is 2. The number of nitrogens with two attached hydrogens (primary N) is 1. The van der Waals surface area contributed by atoms with Crippen molar-refractivity contribution in [3.05, 3.63) is 0 Å². The molecule has 3 radical (unpaired) electrons. The lowest BCUT2D eigenvalue weighted by Gasteiger charge is -1.79. The molecule has 0 fully saturated rings. The van der Waals surface area contributed by atoms with Crippen LogP contribution in [0.15, 0.2) is 0 Å². The van der Waals surface area contributed by atoms with Crippen molar-refractivity contribution >= 4 is 10.2 Å². The molecule has 2 heteroatoms. The topological polar surface area (TPSA) is 26.0 Å². The van der Waals surface area contributed by atoms with E-state index in [4.69, 9.17) is 5.73 Å². The van der Waals surface area contributed by atoms with E-state index in [0.29, 0.717) is 0 Å². The predicted octanol–water partition coefficient (Wildman–Crippen LogP) is -0.0780. The van der Waals surface area contributed by atoms with Crippen molar-refractivity contribution in [2.24, 2.45) is 5.73 Å². The first kappa shape index (κ1) is 5.18. The fraction of sp³-hybridized carbons (Fsp3) is 1.00. The summed E-state index contributed by atoms with van der Waals surface area (Å²) in [6.45, 7) is 0.795. The number of hydrogen-bond acceptors (Lipinski definition) is 1. The van der Waals surface area contributed by atoms with E-state index < -0.39 is 0 Å². The lowest BCUT2D eigenvalue weighted by molar-refractivity contribution is 0.930. The normalized spacial score (nSPS) is 8.40. The summed E-state index contributed by atoms with van der Waals surface area (Å²) in [5.74, 6) is 0. The van der Waals surface area contributed by atoms with E-state index >= 15 is 0 Å². The quantitative estimate of drug-likeness (QED) is 0.467. The van der Waals surface area contributed by atoms with Gasteiger partial charge in [-0.1, -0.05) is 6.04 Å². The molecular weight excluding hydrogens is 78.1 g/mol. The molecule has 0 aromatic rings. The van der Waals surface area contributed by atoms with Gasteiger partial charge in [0.05, 0.1) is 0 Å². The van der Waals surface area contributed by atoms with Crippen LogP contribution in [-0.4, -0.2) is 16.8 Å². The van der Waals surface area contributed by atoms with E-state index in [-0.39, 0.29) is 0 Å². The van der Waals surface area contributed by atoms with Gasteiger partial charge in [0.1, 0.15) is 0 Å². The summed E-state index contributed by atoms with van der Waals surface area (Å²) in [6.07, 6.45) is 1.08. The average Bonchev–Trinajstić information content (AvgIpc) is 1.41. The van der Waals surface area contributed by atoms with E-state index in [0.717, 1.165) is 19.0 Å². The maximum atomic E-state index is 5.11. The highest BCUT2D eigenvalue weighted by Crippen LogP contribution is 1.74. The van der Waals surface area contributed by atoms with Gasteiger partial charge in [0.2, 0.25) is 0 Å². The van der Waals surface area contributed by atoms with E-state index in [9.17, 15) is 0 Å². The van der Waals surface area contributed by atoms with Crippen LogP contribution in [0.3, 0.4) is 0 Å². The summed E-state index contributed by atoms with van der Waals surface area (Å²) >= 11 is 0. The summed E-state index contributed by atoms with van der Waals surface area (Å²) in [6, 6.07) is 1.02. The molecule has 0 bridgehead atoms. The van der Waals surface area contributed by atoms with Gasteiger partial charge in [-0.15, -0.1) is 0 Å². The van der Waals surface area contributed by atoms with Crippen LogP contribution in [-0.2, 0) is 0 Å². The summed E-state index contributed by atoms with van der Waals surface area (Å²) in [4.78, 5) is 0. The van der Waals surface area contributed by atoms with Crippen LogP contribution in [0, 0.1) is 0 Å². The Labute approximate surface area is 36.0 Å². The van der Waals surface area contributed by atoms with Crippen molar-refractivity contribution < 1.29 is 0 Å². The summed E-state index contributed by atoms with van der Waals surface area (Å²) < 4.78 is 0. The van der Waals surface area contributed by atoms with Crippen LogP contribution in [0.4, 0.5) is 0 Å². The zero-order chi connectivity index (χ0) is 4.12. The molecular formula is C3H8NSi. The van der Waals surface area contributed by atoms with Crippen molar-refractivity contribution in [2.45, 2.75) is 12.5 Å². The third kappa shape index (κ3) is 4.18. The van der Waals surface area contributed by atoms with Gasteiger partial charge in [-0.25, -0.2) is 0 Å². The Morgan fingerprint density at radius 2 is 2.20 bits per heavy atom. The van der Waals surface area contributed by atoms with Crippen LogP contribution in [0.5, 0.6) is 0 Å². The lowest BCUT2D eigenvalue weighted by atomic mass is 10.5. The van der Waals surface area contributed by atoms with Crippen LogP contribution in [0.25, 0.3) is 0 Å². The van der Waals surface area contributed by atoms with E-state index in [1.54, 1.807) is 0 Å². The molecule has 1 nitrogen and oxygen atoms in total. The average molecular weight is 86.2 g/mol. The first-order valence-electron chi connectivity index (χ1n) is 1.76. The van der Waals surface area contributed by atoms with E-state index in [1.807, 2.05) is 0 Å². The van der Waals surface area contributed by atoms with Crippen molar-refractivity contribution in [1.29, 1.82) is 0 Å². The molecule has 0 saturated carbocycles. The second-order valence-corrected chi connectivity index (χ2v) is 1.39. The van der Waals surface area contributed by atoms with E-state index in [2.05, 4.69) is 10.2 Å². The molecule has 0 saturated heterocycles. The molecule has 0 spiro atoms. The Bertz CT molecular complexity index is 14.4. The van der Waals surface area contributed by atoms with Gasteiger partial charge in [0, 0.05) is 10.2 Å². The lowest BCUT2D eigenvalue weighted by Crippen LogP contribution is -1.96. The van der Waals surface area contributed by atoms with Crippen LogP contribution in [0.1, 0.15) is 6.42 Å². The molecule has 29 valence electrons. The predicted molar refractivity (Wildman–Crippen MR) is 24.2 cm³/mol. The Morgan fingerprint density at radius 3 is 2.20 bits per heavy atom. The zero-order valence-corrected chi connectivity index (χ0v) is 4.20. The first-order chi connectivity index (χ1) is 2.41. The molecule has 0 aliphatic carbocycles. The second kappa shape index (κ2) is 4.18. The fourth-order valence-corrected chi connectivity index (χ4v) is 0.306. The SMILES string of the molecule is NCCC[Si]. The standard InChI is InChI=1S/C3H8NSi/c4-2-1-3-5/h1-4H2. The molecule has 0 aliphatic rings. The molecule has 0 atom stereocenters. The van der Waals surface area contributed by atoms with Gasteiger partial charge in [0.15, 0.2) is 0 Å². The Balaban J connectivity index is 2.19. The first-order valence-corrected chi connectivity index (χ1v) is 2.47. The van der Waals surface area contributed by atoms with Gasteiger partial charge < -0.3 is 5.73 Å². The Kier molecular flexibility index (Phi) is 4.32. The third-order valence-corrected chi connectivity index (χ3v) is 0.734. The van der Waals surface area contributed by atoms with E-state index in [1.165, 1.54) is 0 Å². The number of hydrogen-bond donors (Lipinski definition) is 1. The molecule has 0 aromatic heterocycles. The van der Waals surface area contributed by atoms with Crippen LogP contribution >= 0.6 is 0 Å². The molecule has 0 heterocycles. The minimum Gasteiger partial charge on any atom is -0.330 e. The monoisotopic (exact) mass is 86.0 g/mol. The van der Waals surface area contributed by atoms with Crippen LogP contribution in [0.2, 0.25) is 6.04 Å². The van der Waals surface area contributed by atoms with Crippen molar-refractivity contribution in [3.8, 4) is 0 Å². The Morgan fingerprint density at radius 1 is 1.60 bits per heavy atom. The van der Waals surface area contributed by atoms with Crippen molar-refractivity contribution in [2.75, 3.05) is 6.54 Å². The highest BCUT2D eigenvalue weighted by atomic mass is 28.1. The zero-order valence-electron chi connectivity index (χ0n) is 3.20.